The summed E-state index contributed by atoms with van der Waals surface area (Å²) in [6.45, 7) is -0.00708. The SMILES string of the molecule is O=C(O)CNC(=O)C[C@@H]1[C@@H](O)CCN1c1cc(-n2ccnc2)c2ccc(Cl)c(Cl)c2n1. The van der Waals surface area contributed by atoms with Crippen LogP contribution in [0.1, 0.15) is 12.8 Å². The zero-order valence-electron chi connectivity index (χ0n) is 16.2. The first-order valence-corrected chi connectivity index (χ1v) is 10.3. The van der Waals surface area contributed by atoms with Gasteiger partial charge in [0.25, 0.3) is 0 Å². The number of pyridine rings is 1. The highest BCUT2D eigenvalue weighted by molar-refractivity contribution is 6.45. The minimum atomic E-state index is -1.13. The highest BCUT2D eigenvalue weighted by Gasteiger charge is 2.35. The Morgan fingerprint density at radius 3 is 2.81 bits per heavy atom. The third kappa shape index (κ3) is 4.30. The lowest BCUT2D eigenvalue weighted by Crippen LogP contribution is -2.41. The first kappa shape index (κ1) is 21.4. The number of carboxylic acids is 1. The molecule has 1 aromatic carbocycles. The van der Waals surface area contributed by atoms with Crippen molar-refractivity contribution in [3.63, 3.8) is 0 Å². The number of benzene rings is 1. The normalized spacial score (nSPS) is 18.5. The Morgan fingerprint density at radius 1 is 1.29 bits per heavy atom. The van der Waals surface area contributed by atoms with E-state index in [0.717, 1.165) is 11.1 Å². The van der Waals surface area contributed by atoms with Gasteiger partial charge >= 0.3 is 5.97 Å². The molecule has 1 fully saturated rings. The van der Waals surface area contributed by atoms with Crippen LogP contribution in [0.5, 0.6) is 0 Å². The predicted molar refractivity (Wildman–Crippen MR) is 116 cm³/mol. The Balaban J connectivity index is 1.75. The Labute approximate surface area is 187 Å². The smallest absolute Gasteiger partial charge is 0.322 e. The fourth-order valence-electron chi connectivity index (χ4n) is 3.77. The zero-order valence-corrected chi connectivity index (χ0v) is 17.7. The number of nitrogens with zero attached hydrogens (tertiary/aromatic N) is 4. The van der Waals surface area contributed by atoms with Crippen molar-refractivity contribution in [1.82, 2.24) is 19.9 Å². The standard InChI is InChI=1S/C20H19Cl2N5O4/c21-12-2-1-11-13(26-6-4-23-10-26)7-16(25-20(11)19(12)22)27-5-3-15(28)14(27)8-17(29)24-9-18(30)31/h1-2,4,6-7,10,14-15,28H,3,5,8-9H2,(H,24,29)(H,30,31)/t14-,15+/m1/s1. The third-order valence-electron chi connectivity index (χ3n) is 5.26. The number of carboxylic acid groups (broad SMARTS) is 1. The molecule has 0 saturated carbocycles. The summed E-state index contributed by atoms with van der Waals surface area (Å²) in [7, 11) is 0. The van der Waals surface area contributed by atoms with Crippen LogP contribution in [0.2, 0.25) is 10.0 Å². The van der Waals surface area contributed by atoms with Gasteiger partial charge < -0.3 is 25.0 Å². The molecule has 3 aromatic rings. The number of aliphatic hydroxyl groups excluding tert-OH is 1. The van der Waals surface area contributed by atoms with Crippen LogP contribution >= 0.6 is 23.2 Å². The highest BCUT2D eigenvalue weighted by atomic mass is 35.5. The van der Waals surface area contributed by atoms with Crippen LogP contribution in [0.25, 0.3) is 16.6 Å². The summed E-state index contributed by atoms with van der Waals surface area (Å²) in [5, 5.41) is 23.0. The summed E-state index contributed by atoms with van der Waals surface area (Å²) in [5.74, 6) is -1.08. The number of carbonyl (C=O) groups excluding carboxylic acids is 1. The number of aliphatic hydroxyl groups is 1. The molecular formula is C20H19Cl2N5O4. The Hall–Kier alpha value is -2.88. The number of aromatic nitrogens is 3. The number of halogens is 2. The van der Waals surface area contributed by atoms with E-state index in [1.54, 1.807) is 24.8 Å². The molecule has 0 bridgehead atoms. The van der Waals surface area contributed by atoms with Crippen molar-refractivity contribution in [3.8, 4) is 5.69 Å². The number of imidazole rings is 1. The van der Waals surface area contributed by atoms with Crippen LogP contribution in [0.4, 0.5) is 5.82 Å². The van der Waals surface area contributed by atoms with E-state index in [0.29, 0.717) is 34.3 Å². The molecule has 1 aliphatic heterocycles. The van der Waals surface area contributed by atoms with Crippen LogP contribution < -0.4 is 10.2 Å². The second kappa shape index (κ2) is 8.70. The Bertz CT molecular complexity index is 1140. The van der Waals surface area contributed by atoms with Gasteiger partial charge in [0.1, 0.15) is 12.4 Å². The molecule has 1 aliphatic rings. The molecule has 2 aromatic heterocycles. The van der Waals surface area contributed by atoms with Gasteiger partial charge in [0.15, 0.2) is 0 Å². The van der Waals surface area contributed by atoms with Gasteiger partial charge in [-0.15, -0.1) is 0 Å². The summed E-state index contributed by atoms with van der Waals surface area (Å²) in [6, 6.07) is 4.80. The lowest BCUT2D eigenvalue weighted by atomic mass is 10.1. The van der Waals surface area contributed by atoms with Crippen LogP contribution in [0.15, 0.2) is 36.9 Å². The molecule has 3 N–H and O–H groups in total. The molecule has 4 rings (SSSR count). The third-order valence-corrected chi connectivity index (χ3v) is 6.05. The highest BCUT2D eigenvalue weighted by Crippen LogP contribution is 2.36. The number of carbonyl (C=O) groups is 2. The lowest BCUT2D eigenvalue weighted by Gasteiger charge is -2.28. The number of hydrogen-bond acceptors (Lipinski definition) is 6. The van der Waals surface area contributed by atoms with Crippen molar-refractivity contribution >= 4 is 51.8 Å². The summed E-state index contributed by atoms with van der Waals surface area (Å²) in [4.78, 5) is 33.5. The number of aliphatic carboxylic acids is 1. The molecule has 2 atom stereocenters. The molecule has 0 aliphatic carbocycles. The summed E-state index contributed by atoms with van der Waals surface area (Å²) in [5.41, 5.74) is 1.26. The van der Waals surface area contributed by atoms with Gasteiger partial charge in [0, 0.05) is 36.8 Å². The number of anilines is 1. The Morgan fingerprint density at radius 2 is 2.10 bits per heavy atom. The van der Waals surface area contributed by atoms with Crippen molar-refractivity contribution in [2.75, 3.05) is 18.0 Å². The van der Waals surface area contributed by atoms with Crippen LogP contribution in [0.3, 0.4) is 0 Å². The van der Waals surface area contributed by atoms with E-state index in [1.165, 1.54) is 0 Å². The number of fused-ring (bicyclic) bond motifs is 1. The molecule has 0 spiro atoms. The first-order valence-electron chi connectivity index (χ1n) is 9.55. The van der Waals surface area contributed by atoms with E-state index in [2.05, 4.69) is 10.3 Å². The van der Waals surface area contributed by atoms with E-state index in [9.17, 15) is 14.7 Å². The first-order chi connectivity index (χ1) is 14.8. The average Bonchev–Trinajstić information content (AvgIpc) is 3.39. The minimum Gasteiger partial charge on any atom is -0.480 e. The quantitative estimate of drug-likeness (QED) is 0.512. The Kier molecular flexibility index (Phi) is 5.99. The number of hydrogen-bond donors (Lipinski definition) is 3. The van der Waals surface area contributed by atoms with Crippen molar-refractivity contribution in [1.29, 1.82) is 0 Å². The van der Waals surface area contributed by atoms with Crippen molar-refractivity contribution in [2.24, 2.45) is 0 Å². The molecule has 0 radical (unpaired) electrons. The van der Waals surface area contributed by atoms with Crippen LogP contribution in [-0.4, -0.2) is 61.9 Å². The topological polar surface area (TPSA) is 121 Å². The summed E-state index contributed by atoms with van der Waals surface area (Å²) >= 11 is 12.7. The number of nitrogens with one attached hydrogen (secondary N) is 1. The van der Waals surface area contributed by atoms with Gasteiger partial charge in [-0.05, 0) is 18.6 Å². The number of amides is 1. The molecule has 11 heteroatoms. The van der Waals surface area contributed by atoms with Crippen molar-refractivity contribution in [2.45, 2.75) is 25.0 Å². The van der Waals surface area contributed by atoms with E-state index in [-0.39, 0.29) is 6.42 Å². The van der Waals surface area contributed by atoms with Gasteiger partial charge in [-0.1, -0.05) is 23.2 Å². The molecule has 0 unspecified atom stereocenters. The van der Waals surface area contributed by atoms with Gasteiger partial charge in [0.2, 0.25) is 5.91 Å². The summed E-state index contributed by atoms with van der Waals surface area (Å²) < 4.78 is 1.82. The monoisotopic (exact) mass is 463 g/mol. The van der Waals surface area contributed by atoms with Crippen LogP contribution in [-0.2, 0) is 9.59 Å². The second-order valence-corrected chi connectivity index (χ2v) is 8.00. The summed E-state index contributed by atoms with van der Waals surface area (Å²) in [6.07, 6.45) is 4.70. The molecule has 1 saturated heterocycles. The van der Waals surface area contributed by atoms with Gasteiger partial charge in [-0.3, -0.25) is 9.59 Å². The van der Waals surface area contributed by atoms with Gasteiger partial charge in [-0.2, -0.15) is 0 Å². The van der Waals surface area contributed by atoms with Crippen LogP contribution in [0, 0.1) is 0 Å². The van der Waals surface area contributed by atoms with Crippen molar-refractivity contribution in [3.05, 3.63) is 47.0 Å². The largest absolute Gasteiger partial charge is 0.480 e. The molecule has 1 amide bonds. The molecule has 9 nitrogen and oxygen atoms in total. The second-order valence-electron chi connectivity index (χ2n) is 7.22. The van der Waals surface area contributed by atoms with Gasteiger partial charge in [0.05, 0.1) is 39.7 Å². The fraction of sp³-hybridized carbons (Fsp3) is 0.300. The minimum absolute atomic E-state index is 0.0716. The van der Waals surface area contributed by atoms with Crippen molar-refractivity contribution < 1.29 is 19.8 Å². The fourth-order valence-corrected chi connectivity index (χ4v) is 4.13. The molecule has 162 valence electrons. The van der Waals surface area contributed by atoms with E-state index in [1.807, 2.05) is 21.6 Å². The molecule has 3 heterocycles. The van der Waals surface area contributed by atoms with Gasteiger partial charge in [-0.25, -0.2) is 9.97 Å². The van der Waals surface area contributed by atoms with E-state index < -0.39 is 30.6 Å². The maximum atomic E-state index is 12.2. The zero-order chi connectivity index (χ0) is 22.1. The predicted octanol–water partition coefficient (Wildman–Crippen LogP) is 2.26. The lowest BCUT2D eigenvalue weighted by molar-refractivity contribution is -0.138. The number of rotatable bonds is 6. The maximum absolute atomic E-state index is 12.2. The molecule has 31 heavy (non-hydrogen) atoms. The maximum Gasteiger partial charge on any atom is 0.322 e. The average molecular weight is 464 g/mol. The van der Waals surface area contributed by atoms with E-state index >= 15 is 0 Å². The molecular weight excluding hydrogens is 445 g/mol. The van der Waals surface area contributed by atoms with E-state index in [4.69, 9.17) is 33.3 Å².